The second-order valence-corrected chi connectivity index (χ2v) is 15.5. The number of nitrogen functional groups attached to an aromatic ring is 1. The molecular weight excluding hydrogens is 822 g/mol. The summed E-state index contributed by atoms with van der Waals surface area (Å²) >= 11 is 0.994. The van der Waals surface area contributed by atoms with Crippen LogP contribution >= 0.6 is 11.3 Å². The lowest BCUT2D eigenvalue weighted by Gasteiger charge is -2.50. The number of carboxylic acid groups (broad SMARTS) is 2. The Morgan fingerprint density at radius 3 is 2.36 bits per heavy atom. The Morgan fingerprint density at radius 1 is 1.19 bits per heavy atom. The highest BCUT2D eigenvalue weighted by molar-refractivity contribution is 7.80. The van der Waals surface area contributed by atoms with E-state index in [1.165, 1.54) is 19.2 Å². The molecule has 2 saturated heterocycles. The van der Waals surface area contributed by atoms with E-state index in [9.17, 15) is 41.1 Å². The summed E-state index contributed by atoms with van der Waals surface area (Å²) in [5, 5.41) is 29.5. The summed E-state index contributed by atoms with van der Waals surface area (Å²) in [6.45, 7) is 7.39. The van der Waals surface area contributed by atoms with Gasteiger partial charge >= 0.3 is 28.5 Å². The Bertz CT molecular complexity index is 2090. The van der Waals surface area contributed by atoms with E-state index in [4.69, 9.17) is 29.8 Å². The average molecular weight is 864 g/mol. The summed E-state index contributed by atoms with van der Waals surface area (Å²) < 4.78 is 77.2. The standard InChI is InChI=1S/C31H40N8O10S2.C2HF3O2/c1-31(2)23(28(41)39(31)49-51(44,45)46)11-25(40)27(24-18-50-30(32)35-24)36-48-26(29(42)43)17-47-22-7-5-20(6-8-22)21-15-37(3)38(16-21)10-4-9-33-12-19-13-34-14-19;3-2(4,5)1(6)7/h5-8,15-16,18-19,23,26,33-34H,4,9-14,17H2,1-3H3,(H3-,32,35,42,43,44,45,46);(H,6,7)/p+1/b36-27-;/t23-,26+;/m1./s1. The molecule has 5 rings (SSSR count). The van der Waals surface area contributed by atoms with Crippen molar-refractivity contribution in [3.63, 3.8) is 0 Å². The van der Waals surface area contributed by atoms with Crippen LogP contribution in [0.3, 0.4) is 0 Å². The summed E-state index contributed by atoms with van der Waals surface area (Å²) in [6.07, 6.45) is -2.13. The average Bonchev–Trinajstić information content (AvgIpc) is 3.72. The molecule has 0 saturated carbocycles. The number of ketones is 1. The lowest BCUT2D eigenvalue weighted by Crippen LogP contribution is -2.68. The first-order valence-corrected chi connectivity index (χ1v) is 19.5. The van der Waals surface area contributed by atoms with Gasteiger partial charge in [0.25, 0.3) is 12.0 Å². The van der Waals surface area contributed by atoms with E-state index in [0.29, 0.717) is 10.8 Å². The number of hydrogen-bond acceptors (Lipinski definition) is 15. The molecule has 20 nitrogen and oxygen atoms in total. The van der Waals surface area contributed by atoms with E-state index in [-0.39, 0.29) is 10.8 Å². The van der Waals surface area contributed by atoms with E-state index in [2.05, 4.69) is 35.9 Å². The molecule has 318 valence electrons. The fourth-order valence-electron chi connectivity index (χ4n) is 5.56. The second-order valence-electron chi connectivity index (χ2n) is 13.6. The number of amides is 1. The minimum atomic E-state index is -5.08. The molecule has 2 fully saturated rings. The van der Waals surface area contributed by atoms with Crippen molar-refractivity contribution < 1.29 is 74.1 Å². The van der Waals surface area contributed by atoms with Crippen LogP contribution in [0.5, 0.6) is 5.75 Å². The zero-order valence-corrected chi connectivity index (χ0v) is 32.8. The predicted molar refractivity (Wildman–Crippen MR) is 196 cm³/mol. The molecular formula is C33H42F3N8O12S2+. The van der Waals surface area contributed by atoms with Crippen molar-refractivity contribution >= 4 is 56.2 Å². The molecule has 2 aliphatic rings. The number of nitrogens with one attached hydrogen (secondary N) is 2. The molecule has 0 radical (unpaired) electrons. The van der Waals surface area contributed by atoms with Gasteiger partial charge in [0.15, 0.2) is 23.7 Å². The van der Waals surface area contributed by atoms with Crippen LogP contribution in [0.4, 0.5) is 18.3 Å². The normalized spacial score (nSPS) is 17.4. The van der Waals surface area contributed by atoms with Crippen molar-refractivity contribution in [2.75, 3.05) is 38.5 Å². The molecule has 0 spiro atoms. The molecule has 7 N–H and O–H groups in total. The zero-order chi connectivity index (χ0) is 43.0. The number of halogens is 3. The number of Topliss-reactive ketones (excluding diaryl/α,β-unsaturated/α-hetero) is 1. The van der Waals surface area contributed by atoms with Gasteiger partial charge in [0.2, 0.25) is 6.20 Å². The number of ether oxygens (including phenoxy) is 1. The monoisotopic (exact) mass is 863 g/mol. The number of aliphatic carboxylic acids is 2. The molecule has 2 aliphatic heterocycles. The van der Waals surface area contributed by atoms with Gasteiger partial charge in [-0.05, 0) is 50.4 Å². The maximum absolute atomic E-state index is 13.4. The van der Waals surface area contributed by atoms with Crippen molar-refractivity contribution in [3.05, 3.63) is 47.7 Å². The number of aromatic nitrogens is 3. The minimum absolute atomic E-state index is 0.0145. The topological polar surface area (TPSA) is 278 Å². The summed E-state index contributed by atoms with van der Waals surface area (Å²) in [6, 6.07) is 7.11. The van der Waals surface area contributed by atoms with Crippen LogP contribution in [0.15, 0.2) is 47.2 Å². The number of aryl methyl sites for hydroxylation is 2. The number of nitrogens with zero attached hydrogens (tertiary/aromatic N) is 5. The number of nitrogens with two attached hydrogens (primary N) is 1. The molecule has 1 amide bonds. The maximum atomic E-state index is 13.4. The Labute approximate surface area is 333 Å². The third-order valence-corrected chi connectivity index (χ3v) is 9.91. The van der Waals surface area contributed by atoms with Gasteiger partial charge in [0.1, 0.15) is 18.1 Å². The van der Waals surface area contributed by atoms with E-state index in [1.54, 1.807) is 12.1 Å². The fraction of sp³-hybridized carbons (Fsp3) is 0.485. The van der Waals surface area contributed by atoms with Crippen LogP contribution in [0.1, 0.15) is 32.4 Å². The van der Waals surface area contributed by atoms with Gasteiger partial charge < -0.3 is 36.2 Å². The molecule has 25 heteroatoms. The highest BCUT2D eigenvalue weighted by atomic mass is 32.3. The lowest BCUT2D eigenvalue weighted by atomic mass is 9.74. The number of hydrogen-bond donors (Lipinski definition) is 6. The maximum Gasteiger partial charge on any atom is 0.490 e. The summed E-state index contributed by atoms with van der Waals surface area (Å²) in [5.74, 6) is -5.79. The van der Waals surface area contributed by atoms with E-state index >= 15 is 0 Å². The number of carbonyl (C=O) groups is 4. The van der Waals surface area contributed by atoms with Crippen molar-refractivity contribution in [2.45, 2.75) is 51.1 Å². The van der Waals surface area contributed by atoms with Crippen molar-refractivity contribution in [2.24, 2.45) is 24.0 Å². The summed E-state index contributed by atoms with van der Waals surface area (Å²) in [5.41, 5.74) is 5.95. The van der Waals surface area contributed by atoms with Gasteiger partial charge in [-0.25, -0.2) is 14.6 Å². The Morgan fingerprint density at radius 2 is 1.84 bits per heavy atom. The SMILES string of the molecule is C[n+]1cc(-c2ccc(OC[C@H](O/N=C(\C(=O)C[C@@H]3C(=O)N(OS(=O)(=O)O)C3(C)C)c3csc(N)n3)C(=O)O)cc2)cn1CCCNCC1CNC1.O=C(O)C(F)(F)F. The third-order valence-electron chi connectivity index (χ3n) is 8.90. The van der Waals surface area contributed by atoms with Crippen LogP contribution in [0.2, 0.25) is 0 Å². The van der Waals surface area contributed by atoms with Gasteiger partial charge in [-0.1, -0.05) is 17.3 Å². The Balaban J connectivity index is 0.000000973. The molecule has 4 heterocycles. The van der Waals surface area contributed by atoms with Gasteiger partial charge in [0.05, 0.1) is 29.8 Å². The largest absolute Gasteiger partial charge is 0.490 e. The van der Waals surface area contributed by atoms with Gasteiger partial charge in [-0.15, -0.1) is 20.3 Å². The molecule has 58 heavy (non-hydrogen) atoms. The van der Waals surface area contributed by atoms with E-state index in [1.807, 2.05) is 30.1 Å². The fourth-order valence-corrected chi connectivity index (χ4v) is 6.56. The number of β-lactam (4-membered cyclic amide) rings is 1. The molecule has 0 unspecified atom stereocenters. The minimum Gasteiger partial charge on any atom is -0.489 e. The quantitative estimate of drug-likeness (QED) is 0.0245. The number of oxime groups is 1. The van der Waals surface area contributed by atoms with Crippen LogP contribution in [0.25, 0.3) is 11.1 Å². The summed E-state index contributed by atoms with van der Waals surface area (Å²) in [7, 11) is -3.01. The molecule has 2 atom stereocenters. The van der Waals surface area contributed by atoms with Gasteiger partial charge in [-0.3, -0.25) is 14.1 Å². The lowest BCUT2D eigenvalue weighted by molar-refractivity contribution is -0.753. The first kappa shape index (κ1) is 45.5. The highest BCUT2D eigenvalue weighted by Crippen LogP contribution is 2.40. The molecule has 1 aromatic carbocycles. The molecule has 0 bridgehead atoms. The number of carboxylic acids is 2. The Hall–Kier alpha value is -5.21. The van der Waals surface area contributed by atoms with Crippen LogP contribution < -0.4 is 25.8 Å². The van der Waals surface area contributed by atoms with Crippen molar-refractivity contribution in [1.82, 2.24) is 25.4 Å². The number of alkyl halides is 3. The van der Waals surface area contributed by atoms with Gasteiger partial charge in [-0.2, -0.15) is 31.3 Å². The highest BCUT2D eigenvalue weighted by Gasteiger charge is 2.57. The van der Waals surface area contributed by atoms with Crippen molar-refractivity contribution in [3.8, 4) is 16.9 Å². The molecule has 0 aliphatic carbocycles. The van der Waals surface area contributed by atoms with Crippen LogP contribution in [0, 0.1) is 11.8 Å². The van der Waals surface area contributed by atoms with Crippen LogP contribution in [-0.2, 0) is 52.3 Å². The Kier molecular flexibility index (Phi) is 14.9. The zero-order valence-electron chi connectivity index (χ0n) is 31.2. The first-order valence-electron chi connectivity index (χ1n) is 17.3. The van der Waals surface area contributed by atoms with E-state index in [0.717, 1.165) is 67.5 Å². The number of rotatable bonds is 19. The number of anilines is 1. The summed E-state index contributed by atoms with van der Waals surface area (Å²) in [4.78, 5) is 56.2. The number of hydroxylamine groups is 2. The number of benzene rings is 1. The third kappa shape index (κ3) is 12.4. The van der Waals surface area contributed by atoms with Crippen LogP contribution in [-0.4, -0.2) is 118 Å². The van der Waals surface area contributed by atoms with E-state index < -0.39 is 76.5 Å². The first-order chi connectivity index (χ1) is 27.1. The van der Waals surface area contributed by atoms with Gasteiger partial charge in [0, 0.05) is 31.4 Å². The van der Waals surface area contributed by atoms with Crippen molar-refractivity contribution in [1.29, 1.82) is 0 Å². The molecule has 3 aromatic rings. The second kappa shape index (κ2) is 19.0. The number of carbonyl (C=O) groups excluding carboxylic acids is 2. The predicted octanol–water partition coefficient (Wildman–Crippen LogP) is 1.03. The smallest absolute Gasteiger partial charge is 0.489 e. The number of thiazole rings is 1. The molecule has 2 aromatic heterocycles.